The summed E-state index contributed by atoms with van der Waals surface area (Å²) in [6.45, 7) is 1.63. The predicted octanol–water partition coefficient (Wildman–Crippen LogP) is 3.35. The van der Waals surface area contributed by atoms with Gasteiger partial charge in [0.1, 0.15) is 0 Å². The Hall–Kier alpha value is -1.16. The maximum atomic E-state index is 12.8. The van der Waals surface area contributed by atoms with Crippen LogP contribution in [-0.4, -0.2) is 56.9 Å². The molecule has 6 nitrogen and oxygen atoms in total. The second-order valence-electron chi connectivity index (χ2n) is 6.03. The zero-order valence-electron chi connectivity index (χ0n) is 14.5. The maximum absolute atomic E-state index is 12.8. The zero-order chi connectivity index (χ0) is 19.6. The molecule has 1 aliphatic rings. The van der Waals surface area contributed by atoms with Crippen molar-refractivity contribution in [2.45, 2.75) is 11.4 Å². The molecule has 27 heavy (non-hydrogen) atoms. The van der Waals surface area contributed by atoms with Crippen molar-refractivity contribution in [3.63, 3.8) is 0 Å². The van der Waals surface area contributed by atoms with Crippen LogP contribution in [0.15, 0.2) is 35.2 Å². The lowest BCUT2D eigenvalue weighted by atomic mass is 10.2. The highest BCUT2D eigenvalue weighted by atomic mass is 35.5. The molecular weight excluding hydrogens is 431 g/mol. The summed E-state index contributed by atoms with van der Waals surface area (Å²) in [5.74, 6) is -0.358. The number of ether oxygens (including phenoxy) is 1. The van der Waals surface area contributed by atoms with Crippen LogP contribution in [-0.2, 0) is 21.3 Å². The molecule has 0 aliphatic carbocycles. The summed E-state index contributed by atoms with van der Waals surface area (Å²) >= 11 is 13.5. The standard InChI is InChI=1S/C17H18Cl2N2O4S2/c1-20(11-12-2-5-16(19)26-12)17(22)14-10-13(3-4-15(14)18)27(23,24)21-6-8-25-9-7-21/h2-5,10H,6-9,11H2,1H3. The molecule has 1 amide bonds. The highest BCUT2D eigenvalue weighted by Crippen LogP contribution is 2.26. The van der Waals surface area contributed by atoms with Gasteiger partial charge in [-0.05, 0) is 30.3 Å². The van der Waals surface area contributed by atoms with Crippen LogP contribution in [0.4, 0.5) is 0 Å². The Bertz CT molecular complexity index is 940. The first-order valence-corrected chi connectivity index (χ1v) is 11.2. The fourth-order valence-corrected chi connectivity index (χ4v) is 5.49. The normalized spacial score (nSPS) is 15.7. The van der Waals surface area contributed by atoms with Gasteiger partial charge >= 0.3 is 0 Å². The van der Waals surface area contributed by atoms with E-state index in [4.69, 9.17) is 27.9 Å². The van der Waals surface area contributed by atoms with E-state index in [9.17, 15) is 13.2 Å². The van der Waals surface area contributed by atoms with Gasteiger partial charge in [-0.2, -0.15) is 4.31 Å². The molecule has 1 aromatic carbocycles. The number of rotatable bonds is 5. The molecule has 1 fully saturated rings. The molecule has 2 aromatic rings. The molecule has 0 atom stereocenters. The molecule has 0 unspecified atom stereocenters. The molecule has 0 radical (unpaired) electrons. The van der Waals surface area contributed by atoms with Crippen LogP contribution in [0.1, 0.15) is 15.2 Å². The van der Waals surface area contributed by atoms with Gasteiger partial charge in [-0.3, -0.25) is 4.79 Å². The highest BCUT2D eigenvalue weighted by molar-refractivity contribution is 7.89. The lowest BCUT2D eigenvalue weighted by Gasteiger charge is -2.26. The molecule has 146 valence electrons. The van der Waals surface area contributed by atoms with E-state index < -0.39 is 10.0 Å². The summed E-state index contributed by atoms with van der Waals surface area (Å²) in [7, 11) is -2.07. The fourth-order valence-electron chi connectivity index (χ4n) is 2.71. The molecule has 1 aliphatic heterocycles. The van der Waals surface area contributed by atoms with Gasteiger partial charge in [0.15, 0.2) is 0 Å². The maximum Gasteiger partial charge on any atom is 0.255 e. The smallest absolute Gasteiger partial charge is 0.255 e. The number of hydrogen-bond donors (Lipinski definition) is 0. The number of halogens is 2. The minimum Gasteiger partial charge on any atom is -0.379 e. The van der Waals surface area contributed by atoms with Crippen molar-refractivity contribution in [3.8, 4) is 0 Å². The number of thiophene rings is 1. The van der Waals surface area contributed by atoms with E-state index in [0.717, 1.165) is 4.88 Å². The van der Waals surface area contributed by atoms with Gasteiger partial charge in [0.2, 0.25) is 10.0 Å². The largest absolute Gasteiger partial charge is 0.379 e. The van der Waals surface area contributed by atoms with Crippen LogP contribution in [0, 0.1) is 0 Å². The second kappa shape index (κ2) is 8.46. The van der Waals surface area contributed by atoms with Crippen molar-refractivity contribution in [1.82, 2.24) is 9.21 Å². The fraction of sp³-hybridized carbons (Fsp3) is 0.353. The Balaban J connectivity index is 1.85. The summed E-state index contributed by atoms with van der Waals surface area (Å²) in [6, 6.07) is 7.81. The molecule has 0 N–H and O–H groups in total. The first-order valence-electron chi connectivity index (χ1n) is 8.16. The zero-order valence-corrected chi connectivity index (χ0v) is 17.7. The number of sulfonamides is 1. The lowest BCUT2D eigenvalue weighted by Crippen LogP contribution is -2.40. The number of benzene rings is 1. The Morgan fingerprint density at radius 3 is 2.56 bits per heavy atom. The van der Waals surface area contributed by atoms with Crippen LogP contribution in [0.2, 0.25) is 9.36 Å². The second-order valence-corrected chi connectivity index (χ2v) is 10.2. The van der Waals surface area contributed by atoms with Gasteiger partial charge in [0.25, 0.3) is 5.91 Å². The molecule has 10 heteroatoms. The van der Waals surface area contributed by atoms with Gasteiger partial charge in [0, 0.05) is 25.0 Å². The van der Waals surface area contributed by atoms with Crippen LogP contribution in [0.25, 0.3) is 0 Å². The molecule has 1 saturated heterocycles. The molecule has 2 heterocycles. The van der Waals surface area contributed by atoms with Crippen molar-refractivity contribution in [2.75, 3.05) is 33.4 Å². The van der Waals surface area contributed by atoms with Crippen LogP contribution in [0.3, 0.4) is 0 Å². The van der Waals surface area contributed by atoms with Gasteiger partial charge in [-0.1, -0.05) is 23.2 Å². The van der Waals surface area contributed by atoms with Gasteiger partial charge in [-0.15, -0.1) is 11.3 Å². The Kier molecular flexibility index (Phi) is 6.45. The molecule has 0 bridgehead atoms. The van der Waals surface area contributed by atoms with E-state index in [2.05, 4.69) is 0 Å². The third kappa shape index (κ3) is 4.64. The summed E-state index contributed by atoms with van der Waals surface area (Å²) in [6.07, 6.45) is 0. The van der Waals surface area contributed by atoms with Crippen molar-refractivity contribution in [2.24, 2.45) is 0 Å². The third-order valence-electron chi connectivity index (χ3n) is 4.14. The monoisotopic (exact) mass is 448 g/mol. The van der Waals surface area contributed by atoms with Gasteiger partial charge in [0.05, 0.1) is 39.6 Å². The van der Waals surface area contributed by atoms with Gasteiger partial charge in [-0.25, -0.2) is 8.42 Å². The van der Waals surface area contributed by atoms with E-state index in [0.29, 0.717) is 24.1 Å². The summed E-state index contributed by atoms with van der Waals surface area (Å²) in [4.78, 5) is 15.3. The number of carbonyl (C=O) groups excluding carboxylic acids is 1. The Labute approximate surface area is 172 Å². The van der Waals surface area contributed by atoms with Crippen LogP contribution in [0.5, 0.6) is 0 Å². The molecule has 1 aromatic heterocycles. The van der Waals surface area contributed by atoms with Crippen molar-refractivity contribution >= 4 is 50.5 Å². The number of hydrogen-bond acceptors (Lipinski definition) is 5. The van der Waals surface area contributed by atoms with Crippen LogP contribution >= 0.6 is 34.5 Å². The molecule has 0 saturated carbocycles. The van der Waals surface area contributed by atoms with Crippen molar-refractivity contribution in [1.29, 1.82) is 0 Å². The minimum atomic E-state index is -3.71. The summed E-state index contributed by atoms with van der Waals surface area (Å²) < 4.78 is 32.9. The van der Waals surface area contributed by atoms with Crippen LogP contribution < -0.4 is 0 Å². The topological polar surface area (TPSA) is 66.9 Å². The molecular formula is C17H18Cl2N2O4S2. The van der Waals surface area contributed by atoms with E-state index >= 15 is 0 Å². The number of nitrogens with zero attached hydrogens (tertiary/aromatic N) is 2. The van der Waals surface area contributed by atoms with E-state index in [1.165, 1.54) is 38.7 Å². The van der Waals surface area contributed by atoms with Gasteiger partial charge < -0.3 is 9.64 Å². The number of amides is 1. The van der Waals surface area contributed by atoms with E-state index in [1.807, 2.05) is 6.07 Å². The summed E-state index contributed by atoms with van der Waals surface area (Å²) in [5, 5.41) is 0.206. The lowest BCUT2D eigenvalue weighted by molar-refractivity contribution is 0.0730. The molecule has 3 rings (SSSR count). The third-order valence-corrected chi connectivity index (χ3v) is 7.58. The molecule has 0 spiro atoms. The number of morpholine rings is 1. The van der Waals surface area contributed by atoms with E-state index in [1.54, 1.807) is 13.1 Å². The predicted molar refractivity (Wildman–Crippen MR) is 106 cm³/mol. The SMILES string of the molecule is CN(Cc1ccc(Cl)s1)C(=O)c1cc(S(=O)(=O)N2CCOCC2)ccc1Cl. The average Bonchev–Trinajstić information content (AvgIpc) is 3.06. The first kappa shape index (κ1) is 20.6. The quantitative estimate of drug-likeness (QED) is 0.703. The van der Waals surface area contributed by atoms with E-state index in [-0.39, 0.29) is 34.5 Å². The van der Waals surface area contributed by atoms with Crippen molar-refractivity contribution in [3.05, 3.63) is 50.1 Å². The van der Waals surface area contributed by atoms with Crippen molar-refractivity contribution < 1.29 is 17.9 Å². The Morgan fingerprint density at radius 1 is 1.22 bits per heavy atom. The Morgan fingerprint density at radius 2 is 1.93 bits per heavy atom. The first-order chi connectivity index (χ1) is 12.8. The highest BCUT2D eigenvalue weighted by Gasteiger charge is 2.28. The summed E-state index contributed by atoms with van der Waals surface area (Å²) in [5.41, 5.74) is 0.149. The number of carbonyl (C=O) groups is 1. The minimum absolute atomic E-state index is 0.0460. The average molecular weight is 449 g/mol.